The van der Waals surface area contributed by atoms with E-state index in [2.05, 4.69) is 0 Å². The SMILES string of the molecule is O=[N+]([O-])c1cc([N+](=O)[O-])c([O-])c([N+](=O)[O-])c1.O=[N+]([O-])c1cc([N+](=O)[O-])c([O-])c([N+](=O)[O-])c1.[Cu+2]. The van der Waals surface area contributed by atoms with Gasteiger partial charge in [0.15, 0.2) is 0 Å². The number of hydrogen-bond donors (Lipinski definition) is 0. The van der Waals surface area contributed by atoms with Gasteiger partial charge in [-0.05, 0) is 0 Å². The van der Waals surface area contributed by atoms with Crippen LogP contribution >= 0.6 is 0 Å². The minimum Gasteiger partial charge on any atom is -0.863 e. The third kappa shape index (κ3) is 6.47. The molecule has 0 unspecified atom stereocenters. The van der Waals surface area contributed by atoms with Crippen molar-refractivity contribution >= 4 is 34.1 Å². The van der Waals surface area contributed by atoms with Crippen molar-refractivity contribution in [3.8, 4) is 11.5 Å². The van der Waals surface area contributed by atoms with Crippen molar-refractivity contribution in [2.24, 2.45) is 0 Å². The van der Waals surface area contributed by atoms with Gasteiger partial charge in [-0.15, -0.1) is 0 Å². The molecule has 0 aromatic heterocycles. The number of nitro groups is 6. The maximum absolute atomic E-state index is 11.1. The van der Waals surface area contributed by atoms with E-state index in [1.807, 2.05) is 0 Å². The molecule has 0 heterocycles. The van der Waals surface area contributed by atoms with Crippen LogP contribution in [-0.4, -0.2) is 29.5 Å². The summed E-state index contributed by atoms with van der Waals surface area (Å²) in [4.78, 5) is 55.0. The van der Waals surface area contributed by atoms with E-state index in [0.29, 0.717) is 24.3 Å². The Bertz CT molecular complexity index is 1020. The molecule has 177 valence electrons. The fourth-order valence-electron chi connectivity index (χ4n) is 1.92. The average Bonchev–Trinajstić information content (AvgIpc) is 2.67. The third-order valence-electron chi connectivity index (χ3n) is 3.28. The van der Waals surface area contributed by atoms with Gasteiger partial charge in [0.1, 0.15) is 0 Å². The van der Waals surface area contributed by atoms with Gasteiger partial charge in [-0.1, -0.05) is 0 Å². The number of nitrogens with zero attached hydrogens (tertiary/aromatic N) is 6. The summed E-state index contributed by atoms with van der Waals surface area (Å²) in [5.74, 6) is -2.92. The molecule has 1 radical (unpaired) electrons. The summed E-state index contributed by atoms with van der Waals surface area (Å²) < 4.78 is 0. The van der Waals surface area contributed by atoms with Crippen LogP contribution in [0.25, 0.3) is 0 Å². The zero-order chi connectivity index (χ0) is 24.9. The molecule has 0 aliphatic heterocycles. The fourth-order valence-corrected chi connectivity index (χ4v) is 1.92. The maximum Gasteiger partial charge on any atom is 2.00 e. The summed E-state index contributed by atoms with van der Waals surface area (Å²) in [6.45, 7) is 0. The third-order valence-corrected chi connectivity index (χ3v) is 3.28. The summed E-state index contributed by atoms with van der Waals surface area (Å²) >= 11 is 0. The molecule has 21 heteroatoms. The molecule has 2 aromatic carbocycles. The standard InChI is InChI=1S/2C6H3N3O7.Cu/c2*10-6-4(8(13)14)1-3(7(11)12)2-5(6)9(15)16;/h2*1-2,10H;/q;;+2/p-2. The first kappa shape index (κ1) is 28.0. The van der Waals surface area contributed by atoms with Crippen LogP contribution in [0.15, 0.2) is 24.3 Å². The van der Waals surface area contributed by atoms with Crippen molar-refractivity contribution in [2.45, 2.75) is 0 Å². The van der Waals surface area contributed by atoms with Gasteiger partial charge in [0.2, 0.25) is 0 Å². The van der Waals surface area contributed by atoms with Crippen molar-refractivity contribution in [3.05, 3.63) is 85.0 Å². The van der Waals surface area contributed by atoms with Gasteiger partial charge in [-0.2, -0.15) is 0 Å². The van der Waals surface area contributed by atoms with E-state index in [9.17, 15) is 70.9 Å². The Hall–Kier alpha value is -5.04. The van der Waals surface area contributed by atoms with Crippen LogP contribution in [0.2, 0.25) is 0 Å². The molecular weight excluding hydrogens is 516 g/mol. The van der Waals surface area contributed by atoms with E-state index >= 15 is 0 Å². The van der Waals surface area contributed by atoms with Crippen LogP contribution in [0, 0.1) is 60.7 Å². The first-order valence-electron chi connectivity index (χ1n) is 7.25. The maximum atomic E-state index is 11.1. The number of rotatable bonds is 6. The molecule has 0 amide bonds. The molecule has 0 bridgehead atoms. The minimum absolute atomic E-state index is 0. The number of benzene rings is 2. The Morgan fingerprint density at radius 2 is 0.606 bits per heavy atom. The molecule has 0 N–H and O–H groups in total. The summed E-state index contributed by atoms with van der Waals surface area (Å²) in [6, 6.07) is 1.54. The first-order valence-corrected chi connectivity index (χ1v) is 7.25. The molecule has 0 spiro atoms. The predicted molar refractivity (Wildman–Crippen MR) is 91.7 cm³/mol. The van der Waals surface area contributed by atoms with Gasteiger partial charge in [0, 0.05) is 0 Å². The molecule has 2 aromatic rings. The van der Waals surface area contributed by atoms with E-state index in [0.717, 1.165) is 0 Å². The Labute approximate surface area is 188 Å². The number of non-ortho nitro benzene ring substituents is 2. The second-order valence-corrected chi connectivity index (χ2v) is 5.17. The number of hydrogen-bond acceptors (Lipinski definition) is 14. The van der Waals surface area contributed by atoms with Crippen molar-refractivity contribution < 1.29 is 56.8 Å². The Kier molecular flexibility index (Phi) is 9.18. The van der Waals surface area contributed by atoms with Crippen molar-refractivity contribution in [1.82, 2.24) is 0 Å². The molecule has 33 heavy (non-hydrogen) atoms. The van der Waals surface area contributed by atoms with Crippen LogP contribution in [-0.2, 0) is 17.1 Å². The predicted octanol–water partition coefficient (Wildman–Crippen LogP) is 0.967. The van der Waals surface area contributed by atoms with Crippen molar-refractivity contribution in [3.63, 3.8) is 0 Å². The second-order valence-electron chi connectivity index (χ2n) is 5.17. The topological polar surface area (TPSA) is 305 Å². The Morgan fingerprint density at radius 1 is 0.424 bits per heavy atom. The van der Waals surface area contributed by atoms with E-state index in [1.54, 1.807) is 0 Å². The van der Waals surface area contributed by atoms with Crippen LogP contribution in [0.1, 0.15) is 0 Å². The normalized spacial score (nSPS) is 9.45. The van der Waals surface area contributed by atoms with Gasteiger partial charge in [-0.25, -0.2) is 0 Å². The largest absolute Gasteiger partial charge is 2.00 e. The van der Waals surface area contributed by atoms with Gasteiger partial charge in [-0.3, -0.25) is 60.7 Å². The Morgan fingerprint density at radius 3 is 0.727 bits per heavy atom. The Balaban J connectivity index is 0.000000602. The fraction of sp³-hybridized carbons (Fsp3) is 0. The summed E-state index contributed by atoms with van der Waals surface area (Å²) in [6.07, 6.45) is 0. The average molecular weight is 520 g/mol. The molecule has 0 aliphatic carbocycles. The van der Waals surface area contributed by atoms with Gasteiger partial charge < -0.3 is 10.2 Å². The zero-order valence-corrected chi connectivity index (χ0v) is 16.0. The zero-order valence-electron chi connectivity index (χ0n) is 15.0. The van der Waals surface area contributed by atoms with Gasteiger partial charge in [0.05, 0.1) is 65.3 Å². The van der Waals surface area contributed by atoms with E-state index in [1.165, 1.54) is 0 Å². The summed E-state index contributed by atoms with van der Waals surface area (Å²) in [5, 5.41) is 84.2. The van der Waals surface area contributed by atoms with Crippen LogP contribution in [0.5, 0.6) is 11.5 Å². The summed E-state index contributed by atoms with van der Waals surface area (Å²) in [5.41, 5.74) is -6.53. The molecule has 20 nitrogen and oxygen atoms in total. The molecule has 0 aliphatic rings. The van der Waals surface area contributed by atoms with Crippen molar-refractivity contribution in [1.29, 1.82) is 0 Å². The van der Waals surface area contributed by atoms with Crippen LogP contribution in [0.4, 0.5) is 34.1 Å². The second kappa shape index (κ2) is 10.8. The molecule has 0 saturated heterocycles. The molecular formula is C12H4CuN6O14. The quantitative estimate of drug-likeness (QED) is 0.291. The van der Waals surface area contributed by atoms with E-state index < -0.39 is 75.2 Å². The molecule has 0 saturated carbocycles. The molecule has 2 rings (SSSR count). The van der Waals surface area contributed by atoms with Gasteiger partial charge in [0.25, 0.3) is 34.1 Å². The van der Waals surface area contributed by atoms with E-state index in [4.69, 9.17) is 0 Å². The van der Waals surface area contributed by atoms with Crippen LogP contribution in [0.3, 0.4) is 0 Å². The monoisotopic (exact) mass is 519 g/mol. The number of nitro benzene ring substituents is 6. The first-order chi connectivity index (χ1) is 14.7. The molecule has 0 atom stereocenters. The minimum atomic E-state index is -1.46. The van der Waals surface area contributed by atoms with Gasteiger partial charge >= 0.3 is 17.1 Å². The molecule has 0 fully saturated rings. The van der Waals surface area contributed by atoms with Crippen molar-refractivity contribution in [2.75, 3.05) is 0 Å². The van der Waals surface area contributed by atoms with Crippen LogP contribution < -0.4 is 10.2 Å². The van der Waals surface area contributed by atoms with E-state index in [-0.39, 0.29) is 17.1 Å². The summed E-state index contributed by atoms with van der Waals surface area (Å²) in [7, 11) is 0. The smallest absolute Gasteiger partial charge is 0.863 e.